The topological polar surface area (TPSA) is 64.6 Å². The summed E-state index contributed by atoms with van der Waals surface area (Å²) in [6.07, 6.45) is -3.51. The first-order chi connectivity index (χ1) is 9.65. The SMILES string of the molecule is CC(O)CC(C)CNC(=O)NC1CCN(CC(F)(F)F)C1. The quantitative estimate of drug-likeness (QED) is 0.693. The molecule has 1 aliphatic heterocycles. The number of nitrogens with zero attached hydrogens (tertiary/aromatic N) is 1. The average Bonchev–Trinajstić information content (AvgIpc) is 2.70. The number of hydrogen-bond donors (Lipinski definition) is 3. The molecule has 1 fully saturated rings. The van der Waals surface area contributed by atoms with Gasteiger partial charge in [-0.05, 0) is 25.7 Å². The molecule has 21 heavy (non-hydrogen) atoms. The van der Waals surface area contributed by atoms with Crippen LogP contribution in [-0.4, -0.2) is 60.5 Å². The Kier molecular flexibility index (Phi) is 6.73. The van der Waals surface area contributed by atoms with Crippen molar-refractivity contribution in [1.29, 1.82) is 0 Å². The highest BCUT2D eigenvalue weighted by molar-refractivity contribution is 5.74. The summed E-state index contributed by atoms with van der Waals surface area (Å²) in [7, 11) is 0. The highest BCUT2D eigenvalue weighted by Crippen LogP contribution is 2.19. The summed E-state index contributed by atoms with van der Waals surface area (Å²) in [5.74, 6) is 0.140. The van der Waals surface area contributed by atoms with Gasteiger partial charge in [0, 0.05) is 25.7 Å². The third-order valence-electron chi connectivity index (χ3n) is 3.37. The van der Waals surface area contributed by atoms with E-state index in [1.54, 1.807) is 6.92 Å². The smallest absolute Gasteiger partial charge is 0.393 e. The van der Waals surface area contributed by atoms with Crippen LogP contribution in [0.4, 0.5) is 18.0 Å². The number of urea groups is 1. The van der Waals surface area contributed by atoms with Crippen LogP contribution < -0.4 is 10.6 Å². The molecule has 0 saturated carbocycles. The van der Waals surface area contributed by atoms with E-state index in [-0.39, 0.29) is 24.5 Å². The van der Waals surface area contributed by atoms with Crippen LogP contribution in [0.1, 0.15) is 26.7 Å². The molecule has 0 aromatic rings. The maximum atomic E-state index is 12.2. The molecule has 1 aliphatic rings. The fourth-order valence-electron chi connectivity index (χ4n) is 2.52. The molecular formula is C13H24F3N3O2. The molecule has 3 atom stereocenters. The van der Waals surface area contributed by atoms with Gasteiger partial charge in [-0.3, -0.25) is 4.90 Å². The second kappa shape index (κ2) is 7.84. The van der Waals surface area contributed by atoms with Crippen LogP contribution in [0.5, 0.6) is 0 Å². The van der Waals surface area contributed by atoms with Gasteiger partial charge in [0.15, 0.2) is 0 Å². The monoisotopic (exact) mass is 311 g/mol. The molecule has 0 aromatic carbocycles. The Balaban J connectivity index is 2.21. The van der Waals surface area contributed by atoms with Crippen LogP contribution in [0.3, 0.4) is 0 Å². The van der Waals surface area contributed by atoms with Gasteiger partial charge in [0.2, 0.25) is 0 Å². The van der Waals surface area contributed by atoms with Crippen LogP contribution in [0.2, 0.25) is 0 Å². The number of carbonyl (C=O) groups is 1. The number of hydrogen-bond acceptors (Lipinski definition) is 3. The predicted molar refractivity (Wildman–Crippen MR) is 72.9 cm³/mol. The van der Waals surface area contributed by atoms with Crippen molar-refractivity contribution in [3.05, 3.63) is 0 Å². The number of aliphatic hydroxyl groups is 1. The zero-order valence-electron chi connectivity index (χ0n) is 12.4. The van der Waals surface area contributed by atoms with Gasteiger partial charge in [-0.1, -0.05) is 6.92 Å². The average molecular weight is 311 g/mol. The number of rotatable bonds is 6. The van der Waals surface area contributed by atoms with Gasteiger partial charge in [0.05, 0.1) is 12.6 Å². The van der Waals surface area contributed by atoms with Gasteiger partial charge in [-0.2, -0.15) is 13.2 Å². The Bertz CT molecular complexity index is 337. The largest absolute Gasteiger partial charge is 0.401 e. The van der Waals surface area contributed by atoms with Crippen molar-refractivity contribution in [3.8, 4) is 0 Å². The van der Waals surface area contributed by atoms with E-state index in [2.05, 4.69) is 10.6 Å². The van der Waals surface area contributed by atoms with Gasteiger partial charge >= 0.3 is 12.2 Å². The van der Waals surface area contributed by atoms with Crippen molar-refractivity contribution in [1.82, 2.24) is 15.5 Å². The molecule has 2 amide bonds. The van der Waals surface area contributed by atoms with Crippen molar-refractivity contribution < 1.29 is 23.1 Å². The number of halogens is 3. The summed E-state index contributed by atoms with van der Waals surface area (Å²) in [6, 6.07) is -0.620. The molecule has 5 nitrogen and oxygen atoms in total. The highest BCUT2D eigenvalue weighted by atomic mass is 19.4. The first-order valence-electron chi connectivity index (χ1n) is 7.17. The van der Waals surface area contributed by atoms with Gasteiger partial charge in [-0.25, -0.2) is 4.79 Å². The number of nitrogens with one attached hydrogen (secondary N) is 2. The van der Waals surface area contributed by atoms with Crippen LogP contribution in [0, 0.1) is 5.92 Å². The Labute approximate surface area is 122 Å². The summed E-state index contributed by atoms with van der Waals surface area (Å²) in [5, 5.41) is 14.6. The van der Waals surface area contributed by atoms with Crippen LogP contribution in [-0.2, 0) is 0 Å². The Morgan fingerprint density at radius 2 is 2.10 bits per heavy atom. The van der Waals surface area contributed by atoms with Crippen molar-refractivity contribution in [3.63, 3.8) is 0 Å². The van der Waals surface area contributed by atoms with Crippen LogP contribution >= 0.6 is 0 Å². The Morgan fingerprint density at radius 3 is 2.67 bits per heavy atom. The molecule has 1 heterocycles. The van der Waals surface area contributed by atoms with Crippen molar-refractivity contribution in [2.24, 2.45) is 5.92 Å². The lowest BCUT2D eigenvalue weighted by Crippen LogP contribution is -2.45. The minimum Gasteiger partial charge on any atom is -0.393 e. The molecule has 0 spiro atoms. The van der Waals surface area contributed by atoms with E-state index >= 15 is 0 Å². The second-order valence-corrected chi connectivity index (χ2v) is 5.88. The maximum Gasteiger partial charge on any atom is 0.401 e. The van der Waals surface area contributed by atoms with Crippen molar-refractivity contribution in [2.45, 2.75) is 45.0 Å². The Morgan fingerprint density at radius 1 is 1.43 bits per heavy atom. The third kappa shape index (κ3) is 8.11. The first-order valence-corrected chi connectivity index (χ1v) is 7.17. The highest BCUT2D eigenvalue weighted by Gasteiger charge is 2.34. The van der Waals surface area contributed by atoms with E-state index in [1.807, 2.05) is 6.92 Å². The lowest BCUT2D eigenvalue weighted by molar-refractivity contribution is -0.143. The number of alkyl halides is 3. The molecule has 1 rings (SSSR count). The summed E-state index contributed by atoms with van der Waals surface area (Å²) >= 11 is 0. The molecule has 0 radical (unpaired) electrons. The van der Waals surface area contributed by atoms with Gasteiger partial charge in [-0.15, -0.1) is 0 Å². The van der Waals surface area contributed by atoms with E-state index in [0.717, 1.165) is 0 Å². The van der Waals surface area contributed by atoms with Crippen molar-refractivity contribution in [2.75, 3.05) is 26.2 Å². The summed E-state index contributed by atoms with van der Waals surface area (Å²) < 4.78 is 36.7. The van der Waals surface area contributed by atoms with Crippen LogP contribution in [0.25, 0.3) is 0 Å². The lowest BCUT2D eigenvalue weighted by atomic mass is 10.1. The number of likely N-dealkylation sites (tertiary alicyclic amines) is 1. The summed E-state index contributed by atoms with van der Waals surface area (Å²) in [6.45, 7) is 3.64. The first kappa shape index (κ1) is 18.0. The molecular weight excluding hydrogens is 287 g/mol. The molecule has 0 aliphatic carbocycles. The molecule has 1 saturated heterocycles. The fourth-order valence-corrected chi connectivity index (χ4v) is 2.52. The molecule has 124 valence electrons. The van der Waals surface area contributed by atoms with E-state index in [4.69, 9.17) is 0 Å². The molecule has 3 unspecified atom stereocenters. The molecule has 0 aromatic heterocycles. The number of aliphatic hydroxyl groups excluding tert-OH is 1. The summed E-state index contributed by atoms with van der Waals surface area (Å²) in [4.78, 5) is 12.9. The van der Waals surface area contributed by atoms with Crippen molar-refractivity contribution >= 4 is 6.03 Å². The number of carbonyl (C=O) groups excluding carboxylic acids is 1. The van der Waals surface area contributed by atoms with E-state index in [1.165, 1.54) is 4.90 Å². The fraction of sp³-hybridized carbons (Fsp3) is 0.923. The zero-order chi connectivity index (χ0) is 16.0. The predicted octanol–water partition coefficient (Wildman–Crippen LogP) is 1.33. The summed E-state index contributed by atoms with van der Waals surface area (Å²) in [5.41, 5.74) is 0. The molecule has 3 N–H and O–H groups in total. The maximum absolute atomic E-state index is 12.2. The second-order valence-electron chi connectivity index (χ2n) is 5.88. The van der Waals surface area contributed by atoms with E-state index in [9.17, 15) is 23.1 Å². The number of amides is 2. The van der Waals surface area contributed by atoms with Crippen LogP contribution in [0.15, 0.2) is 0 Å². The zero-order valence-corrected chi connectivity index (χ0v) is 12.4. The van der Waals surface area contributed by atoms with E-state index < -0.39 is 18.8 Å². The van der Waals surface area contributed by atoms with E-state index in [0.29, 0.717) is 25.9 Å². The van der Waals surface area contributed by atoms with Gasteiger partial charge in [0.25, 0.3) is 0 Å². The minimum absolute atomic E-state index is 0.140. The normalized spacial score (nSPS) is 22.9. The Hall–Kier alpha value is -1.02. The molecule has 0 bridgehead atoms. The van der Waals surface area contributed by atoms with Gasteiger partial charge < -0.3 is 15.7 Å². The third-order valence-corrected chi connectivity index (χ3v) is 3.37. The lowest BCUT2D eigenvalue weighted by Gasteiger charge is -2.19. The standard InChI is InChI=1S/C13H24F3N3O2/c1-9(5-10(2)20)6-17-12(21)18-11-3-4-19(7-11)8-13(14,15)16/h9-11,20H,3-8H2,1-2H3,(H2,17,18,21). The minimum atomic E-state index is -4.20. The molecule has 8 heteroatoms. The van der Waals surface area contributed by atoms with Gasteiger partial charge in [0.1, 0.15) is 0 Å².